The maximum Gasteiger partial charge on any atom is 0.265 e. The summed E-state index contributed by atoms with van der Waals surface area (Å²) in [6.07, 6.45) is 3.17. The number of aromatic nitrogens is 2. The molecule has 3 aromatic rings. The fourth-order valence-corrected chi connectivity index (χ4v) is 4.06. The zero-order valence-corrected chi connectivity index (χ0v) is 15.7. The predicted octanol–water partition coefficient (Wildman–Crippen LogP) is 3.18. The van der Waals surface area contributed by atoms with Crippen molar-refractivity contribution in [1.29, 1.82) is 5.26 Å². The minimum absolute atomic E-state index is 0.110. The number of carbonyl (C=O) groups is 1. The van der Waals surface area contributed by atoms with Crippen LogP contribution in [0.1, 0.15) is 15.2 Å². The first-order valence-electron chi connectivity index (χ1n) is 8.77. The van der Waals surface area contributed by atoms with E-state index in [-0.39, 0.29) is 11.7 Å². The molecule has 140 valence electrons. The lowest BCUT2D eigenvalue weighted by Crippen LogP contribution is -2.49. The highest BCUT2D eigenvalue weighted by Gasteiger charge is 2.25. The molecule has 0 radical (unpaired) electrons. The third-order valence-corrected chi connectivity index (χ3v) is 5.61. The average Bonchev–Trinajstić information content (AvgIpc) is 3.23. The molecule has 3 heterocycles. The van der Waals surface area contributed by atoms with Gasteiger partial charge in [-0.3, -0.25) is 4.79 Å². The van der Waals surface area contributed by atoms with Crippen LogP contribution in [0.2, 0.25) is 0 Å². The van der Waals surface area contributed by atoms with E-state index in [1.54, 1.807) is 41.4 Å². The van der Waals surface area contributed by atoms with Crippen LogP contribution in [0, 0.1) is 17.1 Å². The van der Waals surface area contributed by atoms with Gasteiger partial charge in [-0.1, -0.05) is 12.1 Å². The molecule has 1 fully saturated rings. The van der Waals surface area contributed by atoms with Crippen molar-refractivity contribution in [2.75, 3.05) is 31.1 Å². The number of hydrogen-bond acceptors (Lipinski definition) is 6. The molecule has 0 atom stereocenters. The van der Waals surface area contributed by atoms with Crippen molar-refractivity contribution in [2.24, 2.45) is 0 Å². The van der Waals surface area contributed by atoms with Gasteiger partial charge >= 0.3 is 0 Å². The standard InChI is InChI=1S/C20H16FN5OS/c21-16-6-2-1-5-15(16)19-24-13-17(28-19)20(27)26-10-8-25(9-11-26)18-14(12-22)4-3-7-23-18/h1-7,13H,8-11H2. The lowest BCUT2D eigenvalue weighted by molar-refractivity contribution is 0.0751. The summed E-state index contributed by atoms with van der Waals surface area (Å²) in [4.78, 5) is 25.6. The predicted molar refractivity (Wildman–Crippen MR) is 105 cm³/mol. The quantitative estimate of drug-likeness (QED) is 0.683. The molecule has 1 aromatic carbocycles. The SMILES string of the molecule is N#Cc1cccnc1N1CCN(C(=O)c2cnc(-c3ccccc3F)s2)CC1. The second-order valence-electron chi connectivity index (χ2n) is 6.28. The zero-order valence-electron chi connectivity index (χ0n) is 14.9. The minimum atomic E-state index is -0.354. The summed E-state index contributed by atoms with van der Waals surface area (Å²) in [5, 5.41) is 9.73. The Kier molecular flexibility index (Phi) is 5.00. The van der Waals surface area contributed by atoms with Gasteiger partial charge < -0.3 is 9.80 Å². The van der Waals surface area contributed by atoms with E-state index >= 15 is 0 Å². The number of amides is 1. The van der Waals surface area contributed by atoms with E-state index in [1.807, 2.05) is 4.90 Å². The number of carbonyl (C=O) groups excluding carboxylic acids is 1. The Hall–Kier alpha value is -3.31. The van der Waals surface area contributed by atoms with Crippen LogP contribution >= 0.6 is 11.3 Å². The number of halogens is 1. The minimum Gasteiger partial charge on any atom is -0.352 e. The molecule has 0 N–H and O–H groups in total. The van der Waals surface area contributed by atoms with Crippen LogP contribution < -0.4 is 4.90 Å². The van der Waals surface area contributed by atoms with Crippen molar-refractivity contribution in [3.05, 3.63) is 65.0 Å². The molecule has 1 amide bonds. The summed E-state index contributed by atoms with van der Waals surface area (Å²) < 4.78 is 13.9. The van der Waals surface area contributed by atoms with E-state index in [2.05, 4.69) is 16.0 Å². The first-order valence-corrected chi connectivity index (χ1v) is 9.59. The first-order chi connectivity index (χ1) is 13.7. The maximum absolute atomic E-state index is 13.9. The summed E-state index contributed by atoms with van der Waals surface area (Å²) in [5.74, 6) is 0.186. The van der Waals surface area contributed by atoms with Crippen LogP contribution in [0.15, 0.2) is 48.8 Å². The highest BCUT2D eigenvalue weighted by atomic mass is 32.1. The van der Waals surface area contributed by atoms with Gasteiger partial charge in [-0.2, -0.15) is 5.26 Å². The van der Waals surface area contributed by atoms with Crippen LogP contribution in [-0.4, -0.2) is 47.0 Å². The smallest absolute Gasteiger partial charge is 0.265 e. The summed E-state index contributed by atoms with van der Waals surface area (Å²) in [7, 11) is 0. The van der Waals surface area contributed by atoms with Gasteiger partial charge in [0.25, 0.3) is 5.91 Å². The fraction of sp³-hybridized carbons (Fsp3) is 0.200. The number of rotatable bonds is 3. The van der Waals surface area contributed by atoms with Gasteiger partial charge in [-0.25, -0.2) is 14.4 Å². The van der Waals surface area contributed by atoms with Crippen LogP contribution in [0.25, 0.3) is 10.6 Å². The Morgan fingerprint density at radius 2 is 1.89 bits per heavy atom. The van der Waals surface area contributed by atoms with Crippen LogP contribution in [0.3, 0.4) is 0 Å². The third kappa shape index (κ3) is 3.44. The Labute approximate surface area is 165 Å². The van der Waals surface area contributed by atoms with Crippen molar-refractivity contribution in [3.63, 3.8) is 0 Å². The number of hydrogen-bond donors (Lipinski definition) is 0. The molecular weight excluding hydrogens is 377 g/mol. The summed E-state index contributed by atoms with van der Waals surface area (Å²) in [6.45, 7) is 2.23. The van der Waals surface area contributed by atoms with Gasteiger partial charge in [0.05, 0.1) is 11.8 Å². The Balaban J connectivity index is 1.45. The first kappa shape index (κ1) is 18.1. The molecule has 1 aliphatic heterocycles. The Bertz CT molecular complexity index is 1050. The summed E-state index contributed by atoms with van der Waals surface area (Å²) >= 11 is 1.19. The van der Waals surface area contributed by atoms with Gasteiger partial charge in [0.1, 0.15) is 27.6 Å². The van der Waals surface area contributed by atoms with Crippen LogP contribution in [0.5, 0.6) is 0 Å². The lowest BCUT2D eigenvalue weighted by Gasteiger charge is -2.35. The number of pyridine rings is 1. The van der Waals surface area contributed by atoms with Gasteiger partial charge in [0, 0.05) is 37.9 Å². The number of piperazine rings is 1. The van der Waals surface area contributed by atoms with Crippen molar-refractivity contribution in [2.45, 2.75) is 0 Å². The molecule has 0 spiro atoms. The van der Waals surface area contributed by atoms with E-state index in [9.17, 15) is 14.4 Å². The molecule has 0 aliphatic carbocycles. The molecule has 8 heteroatoms. The average molecular weight is 393 g/mol. The van der Waals surface area contributed by atoms with Crippen molar-refractivity contribution in [1.82, 2.24) is 14.9 Å². The van der Waals surface area contributed by atoms with Crippen LogP contribution in [0.4, 0.5) is 10.2 Å². The van der Waals surface area contributed by atoms with Gasteiger partial charge in [-0.15, -0.1) is 11.3 Å². The summed E-state index contributed by atoms with van der Waals surface area (Å²) in [6, 6.07) is 12.0. The molecule has 1 aliphatic rings. The monoisotopic (exact) mass is 393 g/mol. The van der Waals surface area contributed by atoms with Crippen LogP contribution in [-0.2, 0) is 0 Å². The third-order valence-electron chi connectivity index (χ3n) is 4.59. The highest BCUT2D eigenvalue weighted by Crippen LogP contribution is 2.28. The number of anilines is 1. The normalized spacial score (nSPS) is 14.0. The van der Waals surface area contributed by atoms with Crippen molar-refractivity contribution in [3.8, 4) is 16.6 Å². The largest absolute Gasteiger partial charge is 0.352 e. The van der Waals surface area contributed by atoms with E-state index in [1.165, 1.54) is 23.6 Å². The molecule has 6 nitrogen and oxygen atoms in total. The molecule has 0 bridgehead atoms. The van der Waals surface area contributed by atoms with Gasteiger partial charge in [-0.05, 0) is 24.3 Å². The van der Waals surface area contributed by atoms with Crippen molar-refractivity contribution >= 4 is 23.1 Å². The van der Waals surface area contributed by atoms with E-state index in [0.717, 1.165) is 0 Å². The number of benzene rings is 1. The topological polar surface area (TPSA) is 73.1 Å². The molecule has 0 unspecified atom stereocenters. The van der Waals surface area contributed by atoms with Gasteiger partial charge in [0.2, 0.25) is 0 Å². The summed E-state index contributed by atoms with van der Waals surface area (Å²) in [5.41, 5.74) is 0.926. The zero-order chi connectivity index (χ0) is 19.5. The fourth-order valence-electron chi connectivity index (χ4n) is 3.15. The second-order valence-corrected chi connectivity index (χ2v) is 7.31. The van der Waals surface area contributed by atoms with Crippen molar-refractivity contribution < 1.29 is 9.18 Å². The number of nitrogens with zero attached hydrogens (tertiary/aromatic N) is 5. The van der Waals surface area contributed by atoms with E-state index < -0.39 is 0 Å². The molecule has 2 aromatic heterocycles. The molecule has 0 saturated carbocycles. The number of thiazole rings is 1. The van der Waals surface area contributed by atoms with Gasteiger partial charge in [0.15, 0.2) is 0 Å². The molecular formula is C20H16FN5OS. The highest BCUT2D eigenvalue weighted by molar-refractivity contribution is 7.16. The number of nitriles is 1. The molecule has 4 rings (SSSR count). The Morgan fingerprint density at radius 3 is 2.64 bits per heavy atom. The lowest BCUT2D eigenvalue weighted by atomic mass is 10.2. The van der Waals surface area contributed by atoms with E-state index in [0.29, 0.717) is 53.0 Å². The van der Waals surface area contributed by atoms with E-state index in [4.69, 9.17) is 0 Å². The Morgan fingerprint density at radius 1 is 1.11 bits per heavy atom. The maximum atomic E-state index is 13.9. The molecule has 28 heavy (non-hydrogen) atoms. The second kappa shape index (κ2) is 7.74. The molecule has 1 saturated heterocycles.